The van der Waals surface area contributed by atoms with Crippen LogP contribution >= 0.6 is 0 Å². The summed E-state index contributed by atoms with van der Waals surface area (Å²) in [5.74, 6) is 0. The van der Waals surface area contributed by atoms with E-state index in [0.29, 0.717) is 0 Å². The molecule has 2 aliphatic rings. The molecule has 0 fully saturated rings. The third kappa shape index (κ3) is 2.98. The molecule has 0 radical (unpaired) electrons. The highest BCUT2D eigenvalue weighted by Gasteiger charge is 2.01. The number of hydrogen-bond donors (Lipinski definition) is 1. The van der Waals surface area contributed by atoms with E-state index >= 15 is 0 Å². The minimum absolute atomic E-state index is 0.993. The summed E-state index contributed by atoms with van der Waals surface area (Å²) >= 11 is 0. The van der Waals surface area contributed by atoms with Gasteiger partial charge in [0.05, 0.1) is 0 Å². The molecule has 0 saturated heterocycles. The molecule has 0 aliphatic heterocycles. The average Bonchev–Trinajstić information content (AvgIpc) is 2.30. The van der Waals surface area contributed by atoms with Gasteiger partial charge in [-0.25, -0.2) is 0 Å². The Labute approximate surface area is 91.4 Å². The summed E-state index contributed by atoms with van der Waals surface area (Å²) in [6, 6.07) is 0. The molecule has 2 aliphatic carbocycles. The molecule has 0 heterocycles. The summed E-state index contributed by atoms with van der Waals surface area (Å²) in [5, 5.41) is 0. The van der Waals surface area contributed by atoms with Crippen molar-refractivity contribution in [3.05, 3.63) is 59.4 Å². The molecule has 0 bridgehead atoms. The Hall–Kier alpha value is -1.50. The van der Waals surface area contributed by atoms with Gasteiger partial charge in [0.25, 0.3) is 0 Å². The average molecular weight is 199 g/mol. The van der Waals surface area contributed by atoms with E-state index in [1.807, 2.05) is 6.08 Å². The molecular weight excluding hydrogens is 182 g/mol. The lowest BCUT2D eigenvalue weighted by Crippen LogP contribution is -2.00. The molecule has 0 spiro atoms. The monoisotopic (exact) mass is 199 g/mol. The molecule has 0 aromatic carbocycles. The second-order valence-electron chi connectivity index (χ2n) is 4.02. The standard InChI is InChI=1S/C14H17N/c15-14-10-8-13(9-11-14)7-6-12-4-2-1-3-5-12/h1-2,4,6-8,10H,3,5,9,11,15H2/b7-6+. The van der Waals surface area contributed by atoms with Crippen LogP contribution in [0.15, 0.2) is 59.4 Å². The lowest BCUT2D eigenvalue weighted by Gasteiger charge is -2.08. The SMILES string of the molecule is NC1=CC=C(/C=C/C2=CC=CCC2)CC1. The summed E-state index contributed by atoms with van der Waals surface area (Å²) < 4.78 is 0. The van der Waals surface area contributed by atoms with E-state index in [4.69, 9.17) is 5.73 Å². The highest BCUT2D eigenvalue weighted by Crippen LogP contribution is 2.18. The predicted molar refractivity (Wildman–Crippen MR) is 65.2 cm³/mol. The Balaban J connectivity index is 1.99. The molecule has 78 valence electrons. The molecule has 0 amide bonds. The molecule has 0 aromatic rings. The first kappa shape index (κ1) is 10.0. The van der Waals surface area contributed by atoms with E-state index in [9.17, 15) is 0 Å². The van der Waals surface area contributed by atoms with Gasteiger partial charge in [-0.2, -0.15) is 0 Å². The maximum Gasteiger partial charge on any atom is 0.00838 e. The van der Waals surface area contributed by atoms with Crippen molar-refractivity contribution in [3.63, 3.8) is 0 Å². The van der Waals surface area contributed by atoms with Crippen LogP contribution < -0.4 is 5.73 Å². The van der Waals surface area contributed by atoms with Gasteiger partial charge < -0.3 is 5.73 Å². The van der Waals surface area contributed by atoms with Gasteiger partial charge in [-0.15, -0.1) is 0 Å². The lowest BCUT2D eigenvalue weighted by molar-refractivity contribution is 0.911. The Kier molecular flexibility index (Phi) is 3.23. The summed E-state index contributed by atoms with van der Waals surface area (Å²) in [6.45, 7) is 0. The Morgan fingerprint density at radius 3 is 2.33 bits per heavy atom. The van der Waals surface area contributed by atoms with Crippen molar-refractivity contribution in [3.8, 4) is 0 Å². The fourth-order valence-corrected chi connectivity index (χ4v) is 1.78. The summed E-state index contributed by atoms with van der Waals surface area (Å²) in [4.78, 5) is 0. The van der Waals surface area contributed by atoms with Crippen LogP contribution in [0.4, 0.5) is 0 Å². The Morgan fingerprint density at radius 1 is 0.933 bits per heavy atom. The smallest absolute Gasteiger partial charge is 0.00838 e. The third-order valence-corrected chi connectivity index (χ3v) is 2.77. The normalized spacial score (nSPS) is 21.2. The van der Waals surface area contributed by atoms with Gasteiger partial charge in [-0.1, -0.05) is 36.5 Å². The molecule has 0 atom stereocenters. The maximum absolute atomic E-state index is 5.71. The molecule has 0 aromatic heterocycles. The van der Waals surface area contributed by atoms with Crippen LogP contribution in [-0.4, -0.2) is 0 Å². The van der Waals surface area contributed by atoms with Crippen molar-refractivity contribution in [2.75, 3.05) is 0 Å². The third-order valence-electron chi connectivity index (χ3n) is 2.77. The van der Waals surface area contributed by atoms with Crippen molar-refractivity contribution in [1.82, 2.24) is 0 Å². The fourth-order valence-electron chi connectivity index (χ4n) is 1.78. The largest absolute Gasteiger partial charge is 0.402 e. The molecule has 1 nitrogen and oxygen atoms in total. The lowest BCUT2D eigenvalue weighted by atomic mass is 9.99. The van der Waals surface area contributed by atoms with Gasteiger partial charge in [0.1, 0.15) is 0 Å². The van der Waals surface area contributed by atoms with Gasteiger partial charge in [-0.05, 0) is 42.9 Å². The molecule has 0 unspecified atom stereocenters. The first-order chi connectivity index (χ1) is 7.34. The van der Waals surface area contributed by atoms with Crippen LogP contribution in [-0.2, 0) is 0 Å². The second-order valence-corrected chi connectivity index (χ2v) is 4.02. The Bertz CT molecular complexity index is 378. The van der Waals surface area contributed by atoms with Gasteiger partial charge in [0.15, 0.2) is 0 Å². The number of rotatable bonds is 2. The molecule has 1 heteroatoms. The van der Waals surface area contributed by atoms with Crippen LogP contribution in [0.3, 0.4) is 0 Å². The van der Waals surface area contributed by atoms with Crippen molar-refractivity contribution in [2.45, 2.75) is 25.7 Å². The maximum atomic E-state index is 5.71. The van der Waals surface area contributed by atoms with Crippen LogP contribution in [0.2, 0.25) is 0 Å². The highest BCUT2D eigenvalue weighted by molar-refractivity contribution is 5.35. The molecule has 2 N–H and O–H groups in total. The summed E-state index contributed by atoms with van der Waals surface area (Å²) in [5.41, 5.74) is 9.49. The first-order valence-electron chi connectivity index (χ1n) is 5.53. The van der Waals surface area contributed by atoms with Crippen LogP contribution in [0.1, 0.15) is 25.7 Å². The van der Waals surface area contributed by atoms with E-state index in [2.05, 4.69) is 36.5 Å². The zero-order chi connectivity index (χ0) is 10.5. The van der Waals surface area contributed by atoms with Crippen molar-refractivity contribution in [1.29, 1.82) is 0 Å². The zero-order valence-corrected chi connectivity index (χ0v) is 8.95. The minimum atomic E-state index is 0.993. The number of nitrogens with two attached hydrogens (primary N) is 1. The molecule has 2 rings (SSSR count). The summed E-state index contributed by atoms with van der Waals surface area (Å²) in [6.07, 6.45) is 19.5. The zero-order valence-electron chi connectivity index (χ0n) is 8.95. The van der Waals surface area contributed by atoms with Crippen molar-refractivity contribution in [2.24, 2.45) is 5.73 Å². The Morgan fingerprint density at radius 2 is 1.73 bits per heavy atom. The van der Waals surface area contributed by atoms with Crippen molar-refractivity contribution < 1.29 is 0 Å². The van der Waals surface area contributed by atoms with Crippen LogP contribution in [0.5, 0.6) is 0 Å². The van der Waals surface area contributed by atoms with E-state index in [1.54, 1.807) is 0 Å². The number of allylic oxidation sites excluding steroid dienone is 10. The van der Waals surface area contributed by atoms with Crippen LogP contribution in [0, 0.1) is 0 Å². The van der Waals surface area contributed by atoms with Gasteiger partial charge >= 0.3 is 0 Å². The molecular formula is C14H17N. The van der Waals surface area contributed by atoms with Gasteiger partial charge in [-0.3, -0.25) is 0 Å². The van der Waals surface area contributed by atoms with Gasteiger partial charge in [0.2, 0.25) is 0 Å². The van der Waals surface area contributed by atoms with Crippen LogP contribution in [0.25, 0.3) is 0 Å². The van der Waals surface area contributed by atoms with Crippen molar-refractivity contribution >= 4 is 0 Å². The van der Waals surface area contributed by atoms with Gasteiger partial charge in [0, 0.05) is 5.70 Å². The van der Waals surface area contributed by atoms with E-state index < -0.39 is 0 Å². The first-order valence-corrected chi connectivity index (χ1v) is 5.53. The number of hydrogen-bond acceptors (Lipinski definition) is 1. The van der Waals surface area contributed by atoms with E-state index in [1.165, 1.54) is 17.6 Å². The van der Waals surface area contributed by atoms with E-state index in [0.717, 1.165) is 25.0 Å². The second kappa shape index (κ2) is 4.83. The highest BCUT2D eigenvalue weighted by atomic mass is 14.6. The quantitative estimate of drug-likeness (QED) is 0.725. The molecule has 15 heavy (non-hydrogen) atoms. The van der Waals surface area contributed by atoms with E-state index in [-0.39, 0.29) is 0 Å². The minimum Gasteiger partial charge on any atom is -0.402 e. The molecule has 0 saturated carbocycles. The topological polar surface area (TPSA) is 26.0 Å². The summed E-state index contributed by atoms with van der Waals surface area (Å²) in [7, 11) is 0. The fraction of sp³-hybridized carbons (Fsp3) is 0.286. The predicted octanol–water partition coefficient (Wildman–Crippen LogP) is 3.38.